The van der Waals surface area contributed by atoms with Gasteiger partial charge < -0.3 is 29.2 Å². The maximum Gasteiger partial charge on any atom is 0.247 e. The highest BCUT2D eigenvalue weighted by Gasteiger charge is 2.41. The molecular weight excluding hydrogens is 594 g/mol. The number of halogens is 1. The molecule has 2 amide bonds. The summed E-state index contributed by atoms with van der Waals surface area (Å²) < 4.78 is 22.3. The SMILES string of the molecule is COCCc1ccc(Cl)c(CN(C(=O)[C@H]2CNCC(=O)N2c2ccc(OCCCOCc3ccccc3OC)cc2)C2CC2)c1. The molecule has 0 unspecified atom stereocenters. The van der Waals surface area contributed by atoms with Crippen LogP contribution in [0, 0.1) is 0 Å². The summed E-state index contributed by atoms with van der Waals surface area (Å²) in [4.78, 5) is 30.8. The predicted octanol–water partition coefficient (Wildman–Crippen LogP) is 5.02. The molecule has 1 aliphatic heterocycles. The fourth-order valence-electron chi connectivity index (χ4n) is 5.52. The Labute approximate surface area is 270 Å². The van der Waals surface area contributed by atoms with Gasteiger partial charge in [-0.1, -0.05) is 41.9 Å². The standard InChI is InChI=1S/C35H42ClN3O6/c1-42-19-16-25-8-15-31(36)27(20-25)23-38(28-9-10-28)35(41)32-21-37-22-34(40)39(32)29-11-13-30(14-12-29)45-18-5-17-44-24-26-6-3-4-7-33(26)43-2/h3-4,6-8,11-15,20,28,32,37H,5,9-10,16-19,21-24H2,1-2H3/t32-/m1/s1. The van der Waals surface area contributed by atoms with Gasteiger partial charge in [0.25, 0.3) is 0 Å². The van der Waals surface area contributed by atoms with Crippen molar-refractivity contribution in [2.24, 2.45) is 0 Å². The van der Waals surface area contributed by atoms with Crippen LogP contribution in [0.1, 0.15) is 36.0 Å². The number of anilines is 1. The highest BCUT2D eigenvalue weighted by Crippen LogP contribution is 2.33. The van der Waals surface area contributed by atoms with E-state index < -0.39 is 6.04 Å². The van der Waals surface area contributed by atoms with Crippen molar-refractivity contribution in [3.63, 3.8) is 0 Å². The van der Waals surface area contributed by atoms with Crippen molar-refractivity contribution in [1.82, 2.24) is 10.2 Å². The molecule has 3 aromatic rings. The van der Waals surface area contributed by atoms with Crippen LogP contribution in [0.25, 0.3) is 0 Å². The summed E-state index contributed by atoms with van der Waals surface area (Å²) in [6.45, 7) is 3.08. The molecule has 2 aliphatic rings. The van der Waals surface area contributed by atoms with Gasteiger partial charge >= 0.3 is 0 Å². The number of methoxy groups -OCH3 is 2. The second-order valence-corrected chi connectivity index (χ2v) is 11.7. The second kappa shape index (κ2) is 16.1. The normalized spacial score (nSPS) is 16.5. The molecular formula is C35H42ClN3O6. The largest absolute Gasteiger partial charge is 0.496 e. The monoisotopic (exact) mass is 635 g/mol. The summed E-state index contributed by atoms with van der Waals surface area (Å²) in [5.74, 6) is 1.28. The van der Waals surface area contributed by atoms with Gasteiger partial charge in [0.1, 0.15) is 17.5 Å². The van der Waals surface area contributed by atoms with Gasteiger partial charge in [-0.3, -0.25) is 14.5 Å². The quantitative estimate of drug-likeness (QED) is 0.221. The Balaban J connectivity index is 1.18. The highest BCUT2D eigenvalue weighted by molar-refractivity contribution is 6.31. The molecule has 45 heavy (non-hydrogen) atoms. The summed E-state index contributed by atoms with van der Waals surface area (Å²) in [6, 6.07) is 20.6. The van der Waals surface area contributed by atoms with Crippen LogP contribution < -0.4 is 19.7 Å². The Hall–Kier alpha value is -3.63. The van der Waals surface area contributed by atoms with E-state index in [1.165, 1.54) is 0 Å². The number of nitrogens with zero attached hydrogens (tertiary/aromatic N) is 2. The smallest absolute Gasteiger partial charge is 0.247 e. The summed E-state index contributed by atoms with van der Waals surface area (Å²) in [7, 11) is 3.33. The van der Waals surface area contributed by atoms with E-state index in [1.54, 1.807) is 19.1 Å². The first-order valence-electron chi connectivity index (χ1n) is 15.5. The maximum absolute atomic E-state index is 14.1. The topological polar surface area (TPSA) is 89.6 Å². The molecule has 0 spiro atoms. The van der Waals surface area contributed by atoms with Gasteiger partial charge in [-0.05, 0) is 66.8 Å². The number of hydrogen-bond acceptors (Lipinski definition) is 7. The van der Waals surface area contributed by atoms with Crippen LogP contribution in [-0.2, 0) is 38.6 Å². The van der Waals surface area contributed by atoms with Crippen LogP contribution in [0.3, 0.4) is 0 Å². The van der Waals surface area contributed by atoms with Gasteiger partial charge in [-0.15, -0.1) is 0 Å². The fraction of sp³-hybridized carbons (Fsp3) is 0.429. The number of rotatable bonds is 16. The number of carbonyl (C=O) groups excluding carboxylic acids is 2. The number of para-hydroxylation sites is 1. The van der Waals surface area contributed by atoms with E-state index in [0.29, 0.717) is 56.0 Å². The number of hydrogen-bond donors (Lipinski definition) is 1. The van der Waals surface area contributed by atoms with Gasteiger partial charge in [-0.25, -0.2) is 0 Å². The van der Waals surface area contributed by atoms with Gasteiger partial charge in [0.15, 0.2) is 0 Å². The number of nitrogens with one attached hydrogen (secondary N) is 1. The maximum atomic E-state index is 14.1. The third kappa shape index (κ3) is 8.76. The van der Waals surface area contributed by atoms with E-state index in [-0.39, 0.29) is 24.4 Å². The Bertz CT molecular complexity index is 1430. The number of benzene rings is 3. The van der Waals surface area contributed by atoms with Gasteiger partial charge in [0.2, 0.25) is 11.8 Å². The van der Waals surface area contributed by atoms with Crippen molar-refractivity contribution < 1.29 is 28.5 Å². The van der Waals surface area contributed by atoms with Crippen LogP contribution in [0.4, 0.5) is 5.69 Å². The van der Waals surface area contributed by atoms with E-state index in [1.807, 2.05) is 65.6 Å². The Morgan fingerprint density at radius 1 is 1.00 bits per heavy atom. The zero-order valence-corrected chi connectivity index (χ0v) is 26.8. The Morgan fingerprint density at radius 3 is 2.56 bits per heavy atom. The van der Waals surface area contributed by atoms with E-state index in [2.05, 4.69) is 11.4 Å². The van der Waals surface area contributed by atoms with Crippen LogP contribution >= 0.6 is 11.6 Å². The van der Waals surface area contributed by atoms with E-state index in [9.17, 15) is 9.59 Å². The van der Waals surface area contributed by atoms with E-state index in [4.69, 9.17) is 30.5 Å². The molecule has 1 atom stereocenters. The Kier molecular flexibility index (Phi) is 11.7. The van der Waals surface area contributed by atoms with Crippen LogP contribution in [0.15, 0.2) is 66.7 Å². The van der Waals surface area contributed by atoms with Crippen molar-refractivity contribution >= 4 is 29.1 Å². The third-order valence-electron chi connectivity index (χ3n) is 8.06. The first-order valence-corrected chi connectivity index (χ1v) is 15.9. The van der Waals surface area contributed by atoms with Gasteiger partial charge in [0.05, 0.1) is 40.1 Å². The Morgan fingerprint density at radius 2 is 1.80 bits per heavy atom. The zero-order valence-electron chi connectivity index (χ0n) is 26.0. The fourth-order valence-corrected chi connectivity index (χ4v) is 5.70. The van der Waals surface area contributed by atoms with E-state index >= 15 is 0 Å². The number of carbonyl (C=O) groups is 2. The lowest BCUT2D eigenvalue weighted by Gasteiger charge is -2.38. The molecule has 1 saturated carbocycles. The summed E-state index contributed by atoms with van der Waals surface area (Å²) in [5, 5.41) is 3.77. The first-order chi connectivity index (χ1) is 22.0. The lowest BCUT2D eigenvalue weighted by Crippen LogP contribution is -2.61. The van der Waals surface area contributed by atoms with Crippen LogP contribution in [0.2, 0.25) is 5.02 Å². The second-order valence-electron chi connectivity index (χ2n) is 11.3. The minimum absolute atomic E-state index is 0.0788. The molecule has 1 saturated heterocycles. The molecule has 0 radical (unpaired) electrons. The van der Waals surface area contributed by atoms with Crippen molar-refractivity contribution in [3.05, 3.63) is 88.4 Å². The average molecular weight is 636 g/mol. The van der Waals surface area contributed by atoms with E-state index in [0.717, 1.165) is 48.1 Å². The number of amides is 2. The third-order valence-corrected chi connectivity index (χ3v) is 8.43. The molecule has 10 heteroatoms. The molecule has 1 N–H and O–H groups in total. The molecule has 5 rings (SSSR count). The zero-order chi connectivity index (χ0) is 31.6. The van der Waals surface area contributed by atoms with Crippen molar-refractivity contribution in [2.75, 3.05) is 52.0 Å². The minimum Gasteiger partial charge on any atom is -0.496 e. The van der Waals surface area contributed by atoms with Crippen molar-refractivity contribution in [3.8, 4) is 11.5 Å². The summed E-state index contributed by atoms with van der Waals surface area (Å²) in [5.41, 5.74) is 3.69. The molecule has 1 heterocycles. The molecule has 3 aromatic carbocycles. The average Bonchev–Trinajstić information content (AvgIpc) is 3.91. The van der Waals surface area contributed by atoms with Crippen molar-refractivity contribution in [1.29, 1.82) is 0 Å². The predicted molar refractivity (Wildman–Crippen MR) is 174 cm³/mol. The molecule has 240 valence electrons. The van der Waals surface area contributed by atoms with Crippen molar-refractivity contribution in [2.45, 2.75) is 50.9 Å². The first kappa shape index (κ1) is 32.8. The van der Waals surface area contributed by atoms with Gasteiger partial charge in [-0.2, -0.15) is 0 Å². The molecule has 0 aromatic heterocycles. The summed E-state index contributed by atoms with van der Waals surface area (Å²) >= 11 is 6.58. The lowest BCUT2D eigenvalue weighted by atomic mass is 10.1. The highest BCUT2D eigenvalue weighted by atomic mass is 35.5. The van der Waals surface area contributed by atoms with Crippen LogP contribution in [0.5, 0.6) is 11.5 Å². The molecule has 0 bridgehead atoms. The lowest BCUT2D eigenvalue weighted by molar-refractivity contribution is -0.136. The molecule has 9 nitrogen and oxygen atoms in total. The molecule has 1 aliphatic carbocycles. The number of ether oxygens (including phenoxy) is 4. The van der Waals surface area contributed by atoms with Crippen LogP contribution in [-0.4, -0.2) is 75.9 Å². The molecule has 2 fully saturated rings. The number of piperazine rings is 1. The van der Waals surface area contributed by atoms with Gasteiger partial charge in [0, 0.05) is 48.9 Å². The summed E-state index contributed by atoms with van der Waals surface area (Å²) in [6.07, 6.45) is 3.38. The minimum atomic E-state index is -0.658.